The van der Waals surface area contributed by atoms with Crippen LogP contribution in [0, 0.1) is 35.8 Å². The fourth-order valence-corrected chi connectivity index (χ4v) is 3.01. The highest BCUT2D eigenvalue weighted by atomic mass is 14.9. The van der Waals surface area contributed by atoms with Gasteiger partial charge in [-0.05, 0) is 10.8 Å². The SMILES string of the molecule is [C-]#[N+]c1ccc2c3c(ccc([N+]#[C-])c13)-c1nc(C#N)c(C#N)nc1-2. The molecule has 3 aromatic rings. The van der Waals surface area contributed by atoms with Gasteiger partial charge in [0.05, 0.1) is 24.5 Å². The van der Waals surface area contributed by atoms with Crippen LogP contribution < -0.4 is 0 Å². The second-order valence-electron chi connectivity index (χ2n) is 5.08. The van der Waals surface area contributed by atoms with Crippen LogP contribution >= 0.6 is 0 Å². The summed E-state index contributed by atoms with van der Waals surface area (Å²) in [5.74, 6) is 0. The van der Waals surface area contributed by atoms with Crippen molar-refractivity contribution in [2.24, 2.45) is 0 Å². The van der Waals surface area contributed by atoms with Gasteiger partial charge >= 0.3 is 0 Å². The molecule has 0 spiro atoms. The van der Waals surface area contributed by atoms with Gasteiger partial charge in [-0.15, -0.1) is 0 Å². The lowest BCUT2D eigenvalue weighted by Crippen LogP contribution is -1.97. The summed E-state index contributed by atoms with van der Waals surface area (Å²) in [6.07, 6.45) is 0. The summed E-state index contributed by atoms with van der Waals surface area (Å²) < 4.78 is 0. The van der Waals surface area contributed by atoms with E-state index >= 15 is 0 Å². The number of aromatic nitrogens is 2. The molecule has 0 atom stereocenters. The number of nitrogens with zero attached hydrogens (tertiary/aromatic N) is 6. The van der Waals surface area contributed by atoms with E-state index < -0.39 is 0 Å². The molecule has 1 aliphatic carbocycles. The molecule has 24 heavy (non-hydrogen) atoms. The third kappa shape index (κ3) is 1.49. The number of hydrogen-bond acceptors (Lipinski definition) is 4. The van der Waals surface area contributed by atoms with Crippen LogP contribution in [0.5, 0.6) is 0 Å². The summed E-state index contributed by atoms with van der Waals surface area (Å²) in [4.78, 5) is 15.6. The summed E-state index contributed by atoms with van der Waals surface area (Å²) in [7, 11) is 0. The van der Waals surface area contributed by atoms with Gasteiger partial charge in [-0.25, -0.2) is 19.7 Å². The molecule has 0 N–H and O–H groups in total. The van der Waals surface area contributed by atoms with Crippen molar-refractivity contribution in [1.82, 2.24) is 9.97 Å². The first kappa shape index (κ1) is 13.4. The molecular formula is C18H4N6. The number of benzene rings is 2. The molecule has 6 heteroatoms. The Kier molecular flexibility index (Phi) is 2.58. The summed E-state index contributed by atoms with van der Waals surface area (Å²) in [6.45, 7) is 14.7. The average molecular weight is 304 g/mol. The van der Waals surface area contributed by atoms with Crippen molar-refractivity contribution in [3.05, 3.63) is 58.5 Å². The molecule has 0 saturated carbocycles. The van der Waals surface area contributed by atoms with Crippen LogP contribution in [0.25, 0.3) is 43.0 Å². The molecule has 106 valence electrons. The molecule has 0 bridgehead atoms. The Hall–Kier alpha value is -4.26. The van der Waals surface area contributed by atoms with Crippen molar-refractivity contribution in [2.75, 3.05) is 0 Å². The summed E-state index contributed by atoms with van der Waals surface area (Å²) in [6, 6.07) is 10.6. The van der Waals surface area contributed by atoms with Crippen molar-refractivity contribution >= 4 is 22.1 Å². The Labute approximate surface area is 136 Å². The van der Waals surface area contributed by atoms with Gasteiger partial charge in [-0.3, -0.25) is 0 Å². The van der Waals surface area contributed by atoms with Crippen LogP contribution in [0.1, 0.15) is 11.4 Å². The predicted octanol–water partition coefficient (Wildman–Crippen LogP) is 4.12. The monoisotopic (exact) mass is 304 g/mol. The fraction of sp³-hybridized carbons (Fsp3) is 0. The summed E-state index contributed by atoms with van der Waals surface area (Å²) in [5, 5.41) is 19.6. The fourth-order valence-electron chi connectivity index (χ4n) is 3.01. The zero-order valence-electron chi connectivity index (χ0n) is 12.0. The molecule has 0 fully saturated rings. The zero-order chi connectivity index (χ0) is 16.8. The van der Waals surface area contributed by atoms with Gasteiger partial charge in [0.2, 0.25) is 0 Å². The quantitative estimate of drug-likeness (QED) is 0.457. The standard InChI is InChI=1S/C18H4N6/c1-21-11-5-3-9-15-10(4-6-12(22-2)16(11)15)18-17(9)23-13(7-19)14(8-20)24-18/h3-6H. The third-order valence-corrected chi connectivity index (χ3v) is 3.98. The van der Waals surface area contributed by atoms with Crippen molar-refractivity contribution < 1.29 is 0 Å². The van der Waals surface area contributed by atoms with Crippen molar-refractivity contribution in [2.45, 2.75) is 0 Å². The minimum Gasteiger partial charge on any atom is -0.239 e. The highest BCUT2D eigenvalue weighted by Gasteiger charge is 2.28. The highest BCUT2D eigenvalue weighted by molar-refractivity contribution is 6.20. The molecule has 4 rings (SSSR count). The molecule has 0 amide bonds. The lowest BCUT2D eigenvalue weighted by Gasteiger charge is -2.05. The van der Waals surface area contributed by atoms with E-state index in [9.17, 15) is 10.5 Å². The second-order valence-corrected chi connectivity index (χ2v) is 5.08. The molecule has 0 unspecified atom stereocenters. The smallest absolute Gasteiger partial charge is 0.184 e. The van der Waals surface area contributed by atoms with Crippen LogP contribution in [0.15, 0.2) is 24.3 Å². The molecule has 2 aromatic carbocycles. The molecular weight excluding hydrogens is 300 g/mol. The van der Waals surface area contributed by atoms with Crippen LogP contribution in [0.4, 0.5) is 11.4 Å². The maximum Gasteiger partial charge on any atom is 0.184 e. The lowest BCUT2D eigenvalue weighted by atomic mass is 10.0. The second kappa shape index (κ2) is 4.62. The topological polar surface area (TPSA) is 82.1 Å². The number of rotatable bonds is 0. The van der Waals surface area contributed by atoms with E-state index in [-0.39, 0.29) is 11.4 Å². The van der Waals surface area contributed by atoms with Gasteiger partial charge in [0.15, 0.2) is 22.8 Å². The van der Waals surface area contributed by atoms with Gasteiger partial charge in [0.1, 0.15) is 12.1 Å². The van der Waals surface area contributed by atoms with Gasteiger partial charge in [-0.1, -0.05) is 24.3 Å². The largest absolute Gasteiger partial charge is 0.239 e. The Morgan fingerprint density at radius 1 is 0.750 bits per heavy atom. The van der Waals surface area contributed by atoms with Gasteiger partial charge in [0.25, 0.3) is 0 Å². The zero-order valence-corrected chi connectivity index (χ0v) is 12.0. The molecule has 0 aliphatic heterocycles. The van der Waals surface area contributed by atoms with E-state index in [1.165, 1.54) is 0 Å². The van der Waals surface area contributed by atoms with Crippen LogP contribution in [-0.4, -0.2) is 9.97 Å². The first-order valence-corrected chi connectivity index (χ1v) is 6.81. The van der Waals surface area contributed by atoms with E-state index in [0.717, 1.165) is 16.5 Å². The first-order chi connectivity index (χ1) is 11.7. The predicted molar refractivity (Wildman–Crippen MR) is 85.9 cm³/mol. The van der Waals surface area contributed by atoms with E-state index in [1.54, 1.807) is 24.3 Å². The molecule has 1 aromatic heterocycles. The summed E-state index contributed by atoms with van der Waals surface area (Å²) >= 11 is 0. The summed E-state index contributed by atoms with van der Waals surface area (Å²) in [5.41, 5.74) is 3.16. The maximum atomic E-state index is 9.17. The van der Waals surface area contributed by atoms with E-state index in [1.807, 2.05) is 12.1 Å². The Bertz CT molecular complexity index is 1150. The average Bonchev–Trinajstić information content (AvgIpc) is 2.95. The van der Waals surface area contributed by atoms with Crippen molar-refractivity contribution in [3.8, 4) is 34.7 Å². The molecule has 6 nitrogen and oxygen atoms in total. The minimum atomic E-state index is -0.0307. The normalized spacial score (nSPS) is 10.3. The van der Waals surface area contributed by atoms with Gasteiger partial charge in [-0.2, -0.15) is 10.5 Å². The van der Waals surface area contributed by atoms with E-state index in [0.29, 0.717) is 28.1 Å². The molecule has 1 heterocycles. The molecule has 1 aliphatic rings. The van der Waals surface area contributed by atoms with Crippen LogP contribution in [0.2, 0.25) is 0 Å². The molecule has 0 radical (unpaired) electrons. The lowest BCUT2D eigenvalue weighted by molar-refractivity contribution is 1.15. The Balaban J connectivity index is 2.23. The number of fused-ring (bicyclic) bond motifs is 3. The van der Waals surface area contributed by atoms with Gasteiger partial charge in [0, 0.05) is 11.1 Å². The number of hydrogen-bond donors (Lipinski definition) is 0. The first-order valence-electron chi connectivity index (χ1n) is 6.81. The molecule has 0 saturated heterocycles. The van der Waals surface area contributed by atoms with E-state index in [4.69, 9.17) is 13.1 Å². The van der Waals surface area contributed by atoms with Crippen molar-refractivity contribution in [1.29, 1.82) is 10.5 Å². The minimum absolute atomic E-state index is 0.0307. The van der Waals surface area contributed by atoms with Crippen LogP contribution in [-0.2, 0) is 0 Å². The van der Waals surface area contributed by atoms with Crippen molar-refractivity contribution in [3.63, 3.8) is 0 Å². The van der Waals surface area contributed by atoms with E-state index in [2.05, 4.69) is 19.7 Å². The third-order valence-electron chi connectivity index (χ3n) is 3.98. The van der Waals surface area contributed by atoms with Gasteiger partial charge < -0.3 is 0 Å². The highest BCUT2D eigenvalue weighted by Crippen LogP contribution is 2.50. The Morgan fingerprint density at radius 2 is 1.21 bits per heavy atom. The number of nitriles is 2. The Morgan fingerprint density at radius 3 is 1.58 bits per heavy atom. The maximum absolute atomic E-state index is 9.17. The van der Waals surface area contributed by atoms with Crippen LogP contribution in [0.3, 0.4) is 0 Å².